The van der Waals surface area contributed by atoms with E-state index >= 15 is 0 Å². The number of rotatable bonds is 9. The molecule has 1 aromatic heterocycles. The molecule has 9 nitrogen and oxygen atoms in total. The number of fused-ring (bicyclic) bond motifs is 1. The molecule has 3 aliphatic rings. The van der Waals surface area contributed by atoms with E-state index in [1.807, 2.05) is 6.07 Å². The maximum absolute atomic E-state index is 5.74. The molecule has 1 saturated heterocycles. The predicted molar refractivity (Wildman–Crippen MR) is 148 cm³/mol. The number of nitrogens with one attached hydrogen (secondary N) is 4. The van der Waals surface area contributed by atoms with Crippen molar-refractivity contribution in [2.75, 3.05) is 60.8 Å². The maximum Gasteiger partial charge on any atom is 0.231 e. The van der Waals surface area contributed by atoms with Crippen LogP contribution in [0, 0.1) is 0 Å². The van der Waals surface area contributed by atoms with Crippen LogP contribution in [0.2, 0.25) is 0 Å². The van der Waals surface area contributed by atoms with Crippen molar-refractivity contribution in [2.24, 2.45) is 0 Å². The van der Waals surface area contributed by atoms with Crippen molar-refractivity contribution in [3.05, 3.63) is 53.6 Å². The van der Waals surface area contributed by atoms with Gasteiger partial charge in [0.25, 0.3) is 0 Å². The topological polar surface area (TPSA) is 95.6 Å². The minimum absolute atomic E-state index is 0.311. The number of hydrogen-bond acceptors (Lipinski definition) is 9. The minimum atomic E-state index is 0.311. The highest BCUT2D eigenvalue weighted by molar-refractivity contribution is 5.74. The number of morpholine rings is 1. The molecule has 0 bridgehead atoms. The largest absolute Gasteiger partial charge is 0.494 e. The van der Waals surface area contributed by atoms with Crippen molar-refractivity contribution < 1.29 is 9.47 Å². The molecule has 3 heterocycles. The van der Waals surface area contributed by atoms with Crippen LogP contribution in [0.4, 0.5) is 34.6 Å². The Balaban J connectivity index is 1.28. The van der Waals surface area contributed by atoms with Crippen LogP contribution in [0.1, 0.15) is 36.8 Å². The monoisotopic (exact) mass is 501 g/mol. The van der Waals surface area contributed by atoms with E-state index in [1.54, 1.807) is 7.11 Å². The fourth-order valence-corrected chi connectivity index (χ4v) is 4.96. The van der Waals surface area contributed by atoms with Gasteiger partial charge >= 0.3 is 0 Å². The smallest absolute Gasteiger partial charge is 0.231 e. The average Bonchev–Trinajstić information content (AvgIpc) is 3.69. The van der Waals surface area contributed by atoms with Gasteiger partial charge in [-0.1, -0.05) is 25.1 Å². The molecule has 6 rings (SSSR count). The second-order valence-electron chi connectivity index (χ2n) is 9.99. The summed E-state index contributed by atoms with van der Waals surface area (Å²) in [5.41, 5.74) is 5.36. The summed E-state index contributed by atoms with van der Waals surface area (Å²) in [5, 5.41) is 14.1. The first kappa shape index (κ1) is 23.8. The number of para-hydroxylation sites is 1. The molecule has 0 amide bonds. The zero-order valence-electron chi connectivity index (χ0n) is 21.5. The third-order valence-electron chi connectivity index (χ3n) is 7.25. The minimum Gasteiger partial charge on any atom is -0.494 e. The number of nitrogens with zero attached hydrogens (tertiary/aromatic N) is 3. The molecule has 2 fully saturated rings. The van der Waals surface area contributed by atoms with E-state index in [0.717, 1.165) is 79.4 Å². The fourth-order valence-electron chi connectivity index (χ4n) is 4.96. The SMILES string of the molecule is COc1cc(N2CCOCC2)ccc1Nc1nc2c(c(Nc3ccccc3CNC3CC3)n1)C(C)CN2. The van der Waals surface area contributed by atoms with Crippen LogP contribution in [0.25, 0.3) is 0 Å². The van der Waals surface area contributed by atoms with Gasteiger partial charge in [0.1, 0.15) is 17.4 Å². The van der Waals surface area contributed by atoms with Gasteiger partial charge in [0, 0.05) is 61.1 Å². The zero-order valence-corrected chi connectivity index (χ0v) is 21.5. The highest BCUT2D eigenvalue weighted by atomic mass is 16.5. The highest BCUT2D eigenvalue weighted by Crippen LogP contribution is 2.39. The summed E-state index contributed by atoms with van der Waals surface area (Å²) in [5.74, 6) is 3.28. The summed E-state index contributed by atoms with van der Waals surface area (Å²) in [6.45, 7) is 7.12. The van der Waals surface area contributed by atoms with Gasteiger partial charge in [-0.3, -0.25) is 0 Å². The molecule has 9 heteroatoms. The first-order valence-corrected chi connectivity index (χ1v) is 13.2. The molecule has 1 atom stereocenters. The molecule has 3 aromatic rings. The van der Waals surface area contributed by atoms with Crippen LogP contribution < -0.4 is 30.9 Å². The number of benzene rings is 2. The van der Waals surface area contributed by atoms with Gasteiger partial charge in [0.05, 0.1) is 26.0 Å². The molecule has 0 radical (unpaired) electrons. The lowest BCUT2D eigenvalue weighted by Gasteiger charge is -2.29. The molecule has 1 aliphatic carbocycles. The Hall–Kier alpha value is -3.56. The first-order valence-electron chi connectivity index (χ1n) is 13.2. The van der Waals surface area contributed by atoms with Crippen LogP contribution in [-0.4, -0.2) is 56.0 Å². The lowest BCUT2D eigenvalue weighted by atomic mass is 10.1. The summed E-state index contributed by atoms with van der Waals surface area (Å²) in [4.78, 5) is 12.1. The number of hydrogen-bond donors (Lipinski definition) is 4. The van der Waals surface area contributed by atoms with E-state index in [4.69, 9.17) is 19.4 Å². The van der Waals surface area contributed by atoms with Crippen LogP contribution in [-0.2, 0) is 11.3 Å². The summed E-state index contributed by atoms with van der Waals surface area (Å²) in [6, 6.07) is 15.3. The molecule has 2 aromatic carbocycles. The quantitative estimate of drug-likeness (QED) is 0.336. The second kappa shape index (κ2) is 10.4. The van der Waals surface area contributed by atoms with Gasteiger partial charge in [-0.2, -0.15) is 9.97 Å². The van der Waals surface area contributed by atoms with Crippen molar-refractivity contribution >= 4 is 34.6 Å². The molecular weight excluding hydrogens is 466 g/mol. The van der Waals surface area contributed by atoms with Gasteiger partial charge in [-0.15, -0.1) is 0 Å². The van der Waals surface area contributed by atoms with Crippen LogP contribution >= 0.6 is 0 Å². The molecule has 37 heavy (non-hydrogen) atoms. The first-order chi connectivity index (χ1) is 18.2. The Morgan fingerprint density at radius 2 is 1.89 bits per heavy atom. The lowest BCUT2D eigenvalue weighted by molar-refractivity contribution is 0.122. The normalized spacial score (nSPS) is 18.8. The van der Waals surface area contributed by atoms with Crippen molar-refractivity contribution in [3.63, 3.8) is 0 Å². The summed E-state index contributed by atoms with van der Waals surface area (Å²) < 4.78 is 11.2. The maximum atomic E-state index is 5.74. The number of anilines is 6. The Kier molecular flexibility index (Phi) is 6.72. The van der Waals surface area contributed by atoms with E-state index in [0.29, 0.717) is 17.9 Å². The highest BCUT2D eigenvalue weighted by Gasteiger charge is 2.27. The van der Waals surface area contributed by atoms with Gasteiger partial charge in [0.15, 0.2) is 0 Å². The van der Waals surface area contributed by atoms with Crippen molar-refractivity contribution in [2.45, 2.75) is 38.3 Å². The average molecular weight is 502 g/mol. The molecule has 194 valence electrons. The summed E-state index contributed by atoms with van der Waals surface area (Å²) in [6.07, 6.45) is 2.54. The molecular formula is C28H35N7O2. The molecule has 1 saturated carbocycles. The predicted octanol–water partition coefficient (Wildman–Crippen LogP) is 4.59. The van der Waals surface area contributed by atoms with E-state index in [1.165, 1.54) is 18.4 Å². The number of ether oxygens (including phenoxy) is 2. The number of aromatic nitrogens is 2. The van der Waals surface area contributed by atoms with Gasteiger partial charge in [0.2, 0.25) is 5.95 Å². The second-order valence-corrected chi connectivity index (χ2v) is 9.99. The van der Waals surface area contributed by atoms with Crippen molar-refractivity contribution in [1.29, 1.82) is 0 Å². The lowest BCUT2D eigenvalue weighted by Crippen LogP contribution is -2.36. The van der Waals surface area contributed by atoms with Crippen LogP contribution in [0.15, 0.2) is 42.5 Å². The van der Waals surface area contributed by atoms with E-state index in [-0.39, 0.29) is 0 Å². The van der Waals surface area contributed by atoms with Gasteiger partial charge < -0.3 is 35.6 Å². The van der Waals surface area contributed by atoms with Crippen molar-refractivity contribution in [1.82, 2.24) is 15.3 Å². The van der Waals surface area contributed by atoms with Crippen molar-refractivity contribution in [3.8, 4) is 5.75 Å². The third kappa shape index (κ3) is 5.28. The Bertz CT molecular complexity index is 1260. The standard InChI is InChI=1S/C28H35N7O2/c1-18-16-30-26-25(18)27(31-22-6-4-3-5-19(22)17-29-20-7-8-20)34-28(33-26)32-23-10-9-21(15-24(23)36-2)35-11-13-37-14-12-35/h3-6,9-10,15,18,20,29H,7-8,11-14,16-17H2,1-2H3,(H3,30,31,32,33,34). The third-order valence-corrected chi connectivity index (χ3v) is 7.25. The summed E-state index contributed by atoms with van der Waals surface area (Å²) >= 11 is 0. The molecule has 2 aliphatic heterocycles. The van der Waals surface area contributed by atoms with Gasteiger partial charge in [-0.25, -0.2) is 0 Å². The Labute approximate surface area is 218 Å². The fraction of sp³-hybridized carbons (Fsp3) is 0.429. The Morgan fingerprint density at radius 1 is 1.05 bits per heavy atom. The molecule has 4 N–H and O–H groups in total. The summed E-state index contributed by atoms with van der Waals surface area (Å²) in [7, 11) is 1.69. The van der Waals surface area contributed by atoms with E-state index in [2.05, 4.69) is 69.5 Å². The van der Waals surface area contributed by atoms with Gasteiger partial charge in [-0.05, 0) is 36.6 Å². The van der Waals surface area contributed by atoms with Crippen LogP contribution in [0.5, 0.6) is 5.75 Å². The molecule has 1 unspecified atom stereocenters. The van der Waals surface area contributed by atoms with E-state index < -0.39 is 0 Å². The van der Waals surface area contributed by atoms with Crippen LogP contribution in [0.3, 0.4) is 0 Å². The Morgan fingerprint density at radius 3 is 2.70 bits per heavy atom. The zero-order chi connectivity index (χ0) is 25.2. The molecule has 0 spiro atoms. The number of methoxy groups -OCH3 is 1. The van der Waals surface area contributed by atoms with E-state index in [9.17, 15) is 0 Å².